The van der Waals surface area contributed by atoms with Crippen LogP contribution in [-0.2, 0) is 18.4 Å². The van der Waals surface area contributed by atoms with Crippen LogP contribution in [0.4, 0.5) is 0 Å². The average molecular weight is 919 g/mol. The monoisotopic (exact) mass is 919 g/mol. The number of nitrogens with zero attached hydrogens (tertiary/aromatic N) is 1. The number of aliphatic hydroxyl groups is 1. The van der Waals surface area contributed by atoms with Gasteiger partial charge in [0, 0.05) is 6.42 Å². The van der Waals surface area contributed by atoms with Crippen LogP contribution in [0.25, 0.3) is 0 Å². The summed E-state index contributed by atoms with van der Waals surface area (Å²) in [7, 11) is 1.30. The maximum Gasteiger partial charge on any atom is 0.268 e. The molecular formula is C55H103N2O6P. The van der Waals surface area contributed by atoms with E-state index in [9.17, 15) is 19.4 Å². The van der Waals surface area contributed by atoms with Gasteiger partial charge >= 0.3 is 0 Å². The van der Waals surface area contributed by atoms with E-state index >= 15 is 0 Å². The SMILES string of the molecule is CC/C=C\C/C=C\C/C=C\C/C=C\C/C=C\CCCCCCCCCCCCCCCC(=O)NC(COP(=O)([O-])OCC[N+](C)(C)C)C(O)CCCCCCCCCCCCCCC. The van der Waals surface area contributed by atoms with Gasteiger partial charge < -0.3 is 28.8 Å². The molecule has 0 bridgehead atoms. The minimum atomic E-state index is -4.57. The number of likely N-dealkylation sites (N-methyl/N-ethyl adjacent to an activating group) is 1. The lowest BCUT2D eigenvalue weighted by atomic mass is 10.0. The third-order valence-corrected chi connectivity index (χ3v) is 12.7. The highest BCUT2D eigenvalue weighted by Crippen LogP contribution is 2.38. The van der Waals surface area contributed by atoms with Crippen molar-refractivity contribution in [2.45, 2.75) is 244 Å². The second-order valence-corrected chi connectivity index (χ2v) is 20.6. The molecule has 0 aromatic heterocycles. The fraction of sp³-hybridized carbons (Fsp3) is 0.800. The Kier molecular flexibility index (Phi) is 45.0. The molecule has 0 fully saturated rings. The zero-order valence-corrected chi connectivity index (χ0v) is 43.4. The van der Waals surface area contributed by atoms with Gasteiger partial charge in [0.05, 0.1) is 39.9 Å². The highest BCUT2D eigenvalue weighted by atomic mass is 31.2. The molecule has 0 spiro atoms. The molecule has 0 rings (SSSR count). The zero-order chi connectivity index (χ0) is 47.1. The maximum absolute atomic E-state index is 12.9. The zero-order valence-electron chi connectivity index (χ0n) is 42.5. The number of quaternary nitrogens is 1. The third kappa shape index (κ3) is 48.1. The predicted molar refractivity (Wildman–Crippen MR) is 274 cm³/mol. The van der Waals surface area contributed by atoms with Crippen molar-refractivity contribution in [2.75, 3.05) is 40.9 Å². The number of carbonyl (C=O) groups is 1. The van der Waals surface area contributed by atoms with E-state index in [4.69, 9.17) is 9.05 Å². The van der Waals surface area contributed by atoms with Gasteiger partial charge in [-0.05, 0) is 57.8 Å². The summed E-state index contributed by atoms with van der Waals surface area (Å²) in [5.41, 5.74) is 0. The molecule has 1 amide bonds. The number of allylic oxidation sites excluding steroid dienone is 10. The van der Waals surface area contributed by atoms with Gasteiger partial charge in [-0.2, -0.15) is 0 Å². The van der Waals surface area contributed by atoms with Crippen LogP contribution < -0.4 is 10.2 Å². The Balaban J connectivity index is 4.12. The van der Waals surface area contributed by atoms with Gasteiger partial charge in [-0.25, -0.2) is 0 Å². The summed E-state index contributed by atoms with van der Waals surface area (Å²) in [5.74, 6) is -0.168. The fourth-order valence-electron chi connectivity index (χ4n) is 7.60. The Bertz CT molecular complexity index is 1230. The van der Waals surface area contributed by atoms with Crippen LogP contribution in [0.3, 0.4) is 0 Å². The number of unbranched alkanes of at least 4 members (excludes halogenated alkanes) is 25. The van der Waals surface area contributed by atoms with Gasteiger partial charge in [0.1, 0.15) is 13.2 Å². The van der Waals surface area contributed by atoms with Crippen LogP contribution in [-0.4, -0.2) is 68.5 Å². The smallest absolute Gasteiger partial charge is 0.268 e. The predicted octanol–water partition coefficient (Wildman–Crippen LogP) is 15.1. The van der Waals surface area contributed by atoms with Crippen molar-refractivity contribution in [2.24, 2.45) is 0 Å². The van der Waals surface area contributed by atoms with Crippen LogP contribution in [0.15, 0.2) is 60.8 Å². The number of hydrogen-bond donors (Lipinski definition) is 2. The summed E-state index contributed by atoms with van der Waals surface area (Å²) in [4.78, 5) is 25.4. The molecular weight excluding hydrogens is 816 g/mol. The van der Waals surface area contributed by atoms with Crippen molar-refractivity contribution in [1.82, 2.24) is 5.32 Å². The molecule has 3 atom stereocenters. The molecule has 0 saturated heterocycles. The third-order valence-electron chi connectivity index (χ3n) is 11.8. The molecule has 2 N–H and O–H groups in total. The second-order valence-electron chi connectivity index (χ2n) is 19.2. The summed E-state index contributed by atoms with van der Waals surface area (Å²) >= 11 is 0. The Morgan fingerprint density at radius 2 is 0.953 bits per heavy atom. The first-order valence-electron chi connectivity index (χ1n) is 26.6. The minimum Gasteiger partial charge on any atom is -0.756 e. The molecule has 0 aromatic rings. The van der Waals surface area contributed by atoms with Crippen LogP contribution in [0.5, 0.6) is 0 Å². The summed E-state index contributed by atoms with van der Waals surface area (Å²) in [5, 5.41) is 14.0. The number of carbonyl (C=O) groups excluding carboxylic acids is 1. The first-order valence-corrected chi connectivity index (χ1v) is 28.1. The normalized spacial score (nSPS) is 14.5. The molecule has 0 saturated carbocycles. The van der Waals surface area contributed by atoms with Gasteiger partial charge in [-0.1, -0.05) is 229 Å². The molecule has 64 heavy (non-hydrogen) atoms. The molecule has 0 aliphatic rings. The van der Waals surface area contributed by atoms with E-state index in [1.807, 2.05) is 21.1 Å². The summed E-state index contributed by atoms with van der Waals surface area (Å²) < 4.78 is 23.3. The van der Waals surface area contributed by atoms with Gasteiger partial charge in [-0.15, -0.1) is 0 Å². The van der Waals surface area contributed by atoms with Crippen molar-refractivity contribution in [3.63, 3.8) is 0 Å². The van der Waals surface area contributed by atoms with Crippen LogP contribution in [0.1, 0.15) is 232 Å². The Hall–Kier alpha value is -1.80. The van der Waals surface area contributed by atoms with Gasteiger partial charge in [-0.3, -0.25) is 9.36 Å². The topological polar surface area (TPSA) is 108 Å². The lowest BCUT2D eigenvalue weighted by Gasteiger charge is -2.30. The van der Waals surface area contributed by atoms with E-state index in [2.05, 4.69) is 79.9 Å². The maximum atomic E-state index is 12.9. The number of phosphoric ester groups is 1. The van der Waals surface area contributed by atoms with E-state index in [-0.39, 0.29) is 19.1 Å². The fourth-order valence-corrected chi connectivity index (χ4v) is 8.32. The summed E-state index contributed by atoms with van der Waals surface area (Å²) in [6.45, 7) is 4.61. The number of phosphoric acid groups is 1. The van der Waals surface area contributed by atoms with Crippen molar-refractivity contribution in [1.29, 1.82) is 0 Å². The van der Waals surface area contributed by atoms with Crippen molar-refractivity contribution in [3.05, 3.63) is 60.8 Å². The van der Waals surface area contributed by atoms with E-state index in [0.717, 1.165) is 70.6 Å². The number of nitrogens with one attached hydrogen (secondary N) is 1. The highest BCUT2D eigenvalue weighted by molar-refractivity contribution is 7.45. The van der Waals surface area contributed by atoms with Crippen LogP contribution in [0.2, 0.25) is 0 Å². The Morgan fingerprint density at radius 3 is 1.39 bits per heavy atom. The minimum absolute atomic E-state index is 0.0106. The lowest BCUT2D eigenvalue weighted by Crippen LogP contribution is -2.46. The standard InChI is InChI=1S/C55H103N2O6P/c1-6-8-10-12-14-16-18-20-21-22-23-24-25-26-27-28-29-30-31-32-33-34-35-37-39-41-43-45-47-49-55(59)56-53(52-63-64(60,61)62-51-50-57(3,4)5)54(58)48-46-44-42-40-38-36-19-17-15-13-11-9-7-2/h8,10,14,16,20-21,23-24,26-27,53-54,58H,6-7,9,11-13,15,17-19,22,25,28-52H2,1-5H3,(H-,56,59,60,61)/b10-8-,16-14-,21-20-,24-23-,27-26-. The van der Waals surface area contributed by atoms with Crippen molar-refractivity contribution >= 4 is 13.7 Å². The van der Waals surface area contributed by atoms with Crippen molar-refractivity contribution in [3.8, 4) is 0 Å². The Labute approximate surface area is 396 Å². The van der Waals surface area contributed by atoms with Crippen LogP contribution >= 0.6 is 7.82 Å². The molecule has 3 unspecified atom stereocenters. The molecule has 8 nitrogen and oxygen atoms in total. The molecule has 0 aliphatic carbocycles. The first kappa shape index (κ1) is 62.2. The van der Waals surface area contributed by atoms with Crippen molar-refractivity contribution < 1.29 is 32.9 Å². The molecule has 0 aliphatic heterocycles. The molecule has 0 heterocycles. The number of amides is 1. The van der Waals surface area contributed by atoms with Gasteiger partial charge in [0.2, 0.25) is 5.91 Å². The number of aliphatic hydroxyl groups excluding tert-OH is 1. The molecule has 0 aromatic carbocycles. The molecule has 0 radical (unpaired) electrons. The summed E-state index contributed by atoms with van der Waals surface area (Å²) in [6, 6.07) is -0.802. The molecule has 9 heteroatoms. The van der Waals surface area contributed by atoms with Gasteiger partial charge in [0.25, 0.3) is 7.82 Å². The first-order chi connectivity index (χ1) is 31.0. The molecule has 374 valence electrons. The number of hydrogen-bond acceptors (Lipinski definition) is 6. The average Bonchev–Trinajstić information content (AvgIpc) is 3.25. The van der Waals surface area contributed by atoms with Gasteiger partial charge in [0.15, 0.2) is 0 Å². The quantitative estimate of drug-likeness (QED) is 0.0272. The summed E-state index contributed by atoms with van der Waals surface area (Å²) in [6.07, 6.45) is 61.0. The highest BCUT2D eigenvalue weighted by Gasteiger charge is 2.24. The largest absolute Gasteiger partial charge is 0.756 e. The second kappa shape index (κ2) is 46.3. The Morgan fingerprint density at radius 1 is 0.562 bits per heavy atom. The lowest BCUT2D eigenvalue weighted by molar-refractivity contribution is -0.870. The van der Waals surface area contributed by atoms with E-state index in [0.29, 0.717) is 23.9 Å². The number of rotatable bonds is 48. The van der Waals surface area contributed by atoms with Crippen LogP contribution in [0, 0.1) is 0 Å². The van der Waals surface area contributed by atoms with E-state index < -0.39 is 20.0 Å². The van der Waals surface area contributed by atoms with E-state index in [1.165, 1.54) is 135 Å². The van der Waals surface area contributed by atoms with E-state index in [1.54, 1.807) is 0 Å².